The summed E-state index contributed by atoms with van der Waals surface area (Å²) in [6.45, 7) is 15.0. The number of hydrogen-bond donors (Lipinski definition) is 7. The van der Waals surface area contributed by atoms with Crippen molar-refractivity contribution in [2.75, 3.05) is 178 Å². The summed E-state index contributed by atoms with van der Waals surface area (Å²) in [6.07, 6.45) is 12.0. The number of hydrogen-bond acceptors (Lipinski definition) is 18. The normalized spacial score (nSPS) is 12.6. The van der Waals surface area contributed by atoms with Crippen molar-refractivity contribution >= 4 is 11.8 Å². The Labute approximate surface area is 398 Å². The monoisotopic (exact) mass is 956 g/mol. The summed E-state index contributed by atoms with van der Waals surface area (Å²) < 4.78 is 62.2. The number of nitrogens with one attached hydrogen (secondary N) is 2. The predicted molar refractivity (Wildman–Crippen MR) is 256 cm³/mol. The Morgan fingerprint density at radius 2 is 0.576 bits per heavy atom. The molecular formula is C46H97N7O13. The highest BCUT2D eigenvalue weighted by Gasteiger charge is 2.13. The zero-order valence-corrected chi connectivity index (χ0v) is 40.9. The van der Waals surface area contributed by atoms with Gasteiger partial charge in [0.25, 0.3) is 0 Å². The summed E-state index contributed by atoms with van der Waals surface area (Å²) in [5.41, 5.74) is 28.2. The molecule has 12 N–H and O–H groups in total. The molecular weight excluding hydrogens is 859 g/mol. The van der Waals surface area contributed by atoms with Crippen LogP contribution in [0.25, 0.3) is 0 Å². The Balaban J connectivity index is 4.10. The van der Waals surface area contributed by atoms with E-state index in [1.54, 1.807) is 0 Å². The predicted octanol–water partition coefficient (Wildman–Crippen LogP) is 1.01. The number of unbranched alkanes of at least 4 members (excludes halogenated alkanes) is 2. The van der Waals surface area contributed by atoms with Crippen LogP contribution in [0.4, 0.5) is 0 Å². The zero-order chi connectivity index (χ0) is 48.1. The van der Waals surface area contributed by atoms with Crippen LogP contribution in [0.15, 0.2) is 0 Å². The van der Waals surface area contributed by atoms with Crippen molar-refractivity contribution in [3.05, 3.63) is 0 Å². The molecule has 66 heavy (non-hydrogen) atoms. The van der Waals surface area contributed by atoms with E-state index in [1.165, 1.54) is 0 Å². The van der Waals surface area contributed by atoms with Crippen LogP contribution < -0.4 is 39.3 Å². The maximum atomic E-state index is 12.0. The van der Waals surface area contributed by atoms with Crippen LogP contribution in [0.1, 0.15) is 89.9 Å². The minimum Gasteiger partial charge on any atom is -0.379 e. The number of nitrogens with two attached hydrogens (primary N) is 5. The second-order valence-corrected chi connectivity index (χ2v) is 15.9. The van der Waals surface area contributed by atoms with Crippen LogP contribution in [0.2, 0.25) is 0 Å². The van der Waals surface area contributed by atoms with E-state index in [1.807, 2.05) is 0 Å². The molecule has 394 valence electrons. The van der Waals surface area contributed by atoms with E-state index in [9.17, 15) is 9.59 Å². The van der Waals surface area contributed by atoms with Gasteiger partial charge in [0, 0.05) is 52.7 Å². The lowest BCUT2D eigenvalue weighted by atomic mass is 9.95. The molecule has 0 aliphatic carbocycles. The molecule has 0 aliphatic heterocycles. The van der Waals surface area contributed by atoms with Gasteiger partial charge in [0.2, 0.25) is 11.8 Å². The van der Waals surface area contributed by atoms with Gasteiger partial charge in [-0.3, -0.25) is 9.59 Å². The molecule has 0 fully saturated rings. The van der Waals surface area contributed by atoms with Crippen LogP contribution >= 0.6 is 0 Å². The van der Waals surface area contributed by atoms with Crippen molar-refractivity contribution in [2.24, 2.45) is 34.6 Å². The van der Waals surface area contributed by atoms with E-state index in [2.05, 4.69) is 10.6 Å². The van der Waals surface area contributed by atoms with Crippen molar-refractivity contribution in [2.45, 2.75) is 102 Å². The number of ether oxygens (including phenoxy) is 11. The largest absolute Gasteiger partial charge is 0.379 e. The van der Waals surface area contributed by atoms with Crippen LogP contribution in [-0.2, 0) is 61.7 Å². The number of rotatable bonds is 56. The third kappa shape index (κ3) is 48.7. The zero-order valence-electron chi connectivity index (χ0n) is 40.9. The number of carbonyl (C=O) groups is 2. The van der Waals surface area contributed by atoms with Crippen molar-refractivity contribution in [3.8, 4) is 0 Å². The summed E-state index contributed by atoms with van der Waals surface area (Å²) >= 11 is 0. The molecule has 0 aromatic rings. The van der Waals surface area contributed by atoms with Gasteiger partial charge in [-0.15, -0.1) is 0 Å². The van der Waals surface area contributed by atoms with E-state index in [0.29, 0.717) is 210 Å². The van der Waals surface area contributed by atoms with Gasteiger partial charge in [-0.2, -0.15) is 0 Å². The molecule has 20 nitrogen and oxygen atoms in total. The van der Waals surface area contributed by atoms with Gasteiger partial charge in [0.05, 0.1) is 118 Å². The Morgan fingerprint density at radius 3 is 0.894 bits per heavy atom. The lowest BCUT2D eigenvalue weighted by molar-refractivity contribution is -0.123. The first kappa shape index (κ1) is 64.3. The first-order valence-corrected chi connectivity index (χ1v) is 25.0. The van der Waals surface area contributed by atoms with Gasteiger partial charge in [0.1, 0.15) is 0 Å². The van der Waals surface area contributed by atoms with Crippen molar-refractivity contribution in [3.63, 3.8) is 0 Å². The van der Waals surface area contributed by atoms with Gasteiger partial charge in [0.15, 0.2) is 0 Å². The molecule has 0 saturated carbocycles. The van der Waals surface area contributed by atoms with E-state index in [-0.39, 0.29) is 11.8 Å². The maximum absolute atomic E-state index is 12.0. The maximum Gasteiger partial charge on any atom is 0.236 e. The molecule has 0 bridgehead atoms. The highest BCUT2D eigenvalue weighted by Crippen LogP contribution is 2.18. The van der Waals surface area contributed by atoms with E-state index in [0.717, 1.165) is 64.2 Å². The summed E-state index contributed by atoms with van der Waals surface area (Å²) in [5, 5.41) is 5.71. The van der Waals surface area contributed by atoms with Gasteiger partial charge < -0.3 is 91.4 Å². The Bertz CT molecular complexity index is 947. The molecule has 0 radical (unpaired) electrons. The molecule has 0 aromatic heterocycles. The van der Waals surface area contributed by atoms with E-state index >= 15 is 0 Å². The molecule has 0 aromatic carbocycles. The summed E-state index contributed by atoms with van der Waals surface area (Å²) in [6, 6.07) is -0.973. The average Bonchev–Trinajstić information content (AvgIpc) is 3.32. The van der Waals surface area contributed by atoms with Crippen LogP contribution in [0.3, 0.4) is 0 Å². The Kier molecular flexibility index (Phi) is 52.8. The number of carbonyl (C=O) groups excluding carboxylic acids is 2. The molecule has 0 heterocycles. The topological polar surface area (TPSA) is 290 Å². The first-order chi connectivity index (χ1) is 32.5. The first-order valence-electron chi connectivity index (χ1n) is 25.0. The van der Waals surface area contributed by atoms with Crippen molar-refractivity contribution < 1.29 is 61.7 Å². The van der Waals surface area contributed by atoms with E-state index < -0.39 is 12.1 Å². The van der Waals surface area contributed by atoms with Gasteiger partial charge in [-0.1, -0.05) is 12.8 Å². The summed E-state index contributed by atoms with van der Waals surface area (Å²) in [4.78, 5) is 24.0. The Morgan fingerprint density at radius 1 is 0.303 bits per heavy atom. The molecule has 2 amide bonds. The molecule has 0 unspecified atom stereocenters. The molecule has 0 saturated heterocycles. The molecule has 2 atom stereocenters. The molecule has 20 heteroatoms. The summed E-state index contributed by atoms with van der Waals surface area (Å²) in [5.74, 6) is 0.238. The second-order valence-electron chi connectivity index (χ2n) is 15.9. The fourth-order valence-corrected chi connectivity index (χ4v) is 6.20. The average molecular weight is 956 g/mol. The summed E-state index contributed by atoms with van der Waals surface area (Å²) in [7, 11) is 0. The third-order valence-electron chi connectivity index (χ3n) is 10.1. The van der Waals surface area contributed by atoms with Crippen LogP contribution in [0, 0.1) is 5.92 Å². The van der Waals surface area contributed by atoms with Crippen molar-refractivity contribution in [1.29, 1.82) is 0 Å². The van der Waals surface area contributed by atoms with E-state index in [4.69, 9.17) is 80.8 Å². The SMILES string of the molecule is NCCCC[C@H](N)C(=O)NCCCOCCOCCOCCCC(CCCOCCOCCOCCCNC(=O)[C@@H](N)CCCCN)CCOCCOCCOCCOCCOCCCN. The standard InChI is InChI=1S/C46H97N7O13/c47-15-3-1-12-43(50)45(54)52-18-8-23-59-29-35-62-32-26-56-20-5-10-42(14-25-61-31-37-65-39-41-66-40-38-64-34-28-58-22-7-17-49)11-6-21-57-27-33-63-36-30-60-24-9-19-53-46(55)44(51)13-2-4-16-48/h42-44H,1-41,47-51H2,(H,52,54)(H,53,55)/t43-,44-/m0/s1. The third-order valence-corrected chi connectivity index (χ3v) is 10.1. The minimum absolute atomic E-state index is 0.127. The van der Waals surface area contributed by atoms with Gasteiger partial charge in [-0.25, -0.2) is 0 Å². The fraction of sp³-hybridized carbons (Fsp3) is 0.957. The number of amides is 2. The smallest absolute Gasteiger partial charge is 0.236 e. The minimum atomic E-state index is -0.486. The quantitative estimate of drug-likeness (QED) is 0.0419. The lowest BCUT2D eigenvalue weighted by Gasteiger charge is -2.17. The van der Waals surface area contributed by atoms with Gasteiger partial charge in [-0.05, 0) is 103 Å². The lowest BCUT2D eigenvalue weighted by Crippen LogP contribution is -2.41. The highest BCUT2D eigenvalue weighted by atomic mass is 16.6. The van der Waals surface area contributed by atoms with Crippen molar-refractivity contribution in [1.82, 2.24) is 10.6 Å². The van der Waals surface area contributed by atoms with Crippen LogP contribution in [-0.4, -0.2) is 202 Å². The molecule has 0 spiro atoms. The highest BCUT2D eigenvalue weighted by molar-refractivity contribution is 5.81. The second kappa shape index (κ2) is 54.2. The Hall–Kier alpha value is -1.70. The molecule has 0 aliphatic rings. The van der Waals surface area contributed by atoms with Gasteiger partial charge >= 0.3 is 0 Å². The fourth-order valence-electron chi connectivity index (χ4n) is 6.20. The molecule has 0 rings (SSSR count). The van der Waals surface area contributed by atoms with Crippen LogP contribution in [0.5, 0.6) is 0 Å².